The zero-order valence-electron chi connectivity index (χ0n) is 16.1. The summed E-state index contributed by atoms with van der Waals surface area (Å²) in [6, 6.07) is 25.4. The van der Waals surface area contributed by atoms with E-state index in [1.54, 1.807) is 19.2 Å². The van der Waals surface area contributed by atoms with Crippen molar-refractivity contribution in [2.24, 2.45) is 5.10 Å². The molecule has 2 aromatic heterocycles. The van der Waals surface area contributed by atoms with Crippen LogP contribution in [0.1, 0.15) is 0 Å². The van der Waals surface area contributed by atoms with Gasteiger partial charge in [0.05, 0.1) is 24.1 Å². The van der Waals surface area contributed by atoms with Crippen molar-refractivity contribution >= 4 is 39.2 Å². The maximum Gasteiger partial charge on any atom is 0.246 e. The SMILES string of the molecule is COc1cccc2cc(-c3cc4ccccc4[nH]3)/c(=N\Nc3ccc(Cl)cc3)oc12. The number of ether oxygens (including phenoxy) is 1. The van der Waals surface area contributed by atoms with Crippen molar-refractivity contribution < 1.29 is 9.15 Å². The van der Waals surface area contributed by atoms with Gasteiger partial charge >= 0.3 is 0 Å². The Bertz CT molecular complexity index is 1390. The Morgan fingerprint density at radius 1 is 0.933 bits per heavy atom. The van der Waals surface area contributed by atoms with E-state index in [0.29, 0.717) is 21.9 Å². The molecule has 148 valence electrons. The standard InChI is InChI=1S/C24H18ClN3O2/c1-29-22-8-4-6-16-13-19(21-14-15-5-2-3-7-20(15)26-21)24(30-23(16)22)28-27-18-11-9-17(25)10-12-18/h2-14,26-27H,1H3/b28-24+. The fourth-order valence-corrected chi connectivity index (χ4v) is 3.55. The molecular formula is C24H18ClN3O2. The Kier molecular flexibility index (Phi) is 4.65. The molecule has 0 aliphatic rings. The van der Waals surface area contributed by atoms with E-state index < -0.39 is 0 Å². The van der Waals surface area contributed by atoms with Crippen LogP contribution < -0.4 is 15.7 Å². The molecule has 0 aliphatic carbocycles. The van der Waals surface area contributed by atoms with Gasteiger partial charge in [0.1, 0.15) is 0 Å². The van der Waals surface area contributed by atoms with Gasteiger partial charge in [-0.2, -0.15) is 0 Å². The fourth-order valence-electron chi connectivity index (χ4n) is 3.42. The third-order valence-electron chi connectivity index (χ3n) is 4.91. The number of aromatic amines is 1. The second kappa shape index (κ2) is 7.61. The molecule has 2 N–H and O–H groups in total. The van der Waals surface area contributed by atoms with Gasteiger partial charge in [-0.15, -0.1) is 5.10 Å². The number of aromatic nitrogens is 1. The predicted molar refractivity (Wildman–Crippen MR) is 121 cm³/mol. The minimum absolute atomic E-state index is 0.438. The van der Waals surface area contributed by atoms with Crippen molar-refractivity contribution in [2.75, 3.05) is 12.5 Å². The van der Waals surface area contributed by atoms with Crippen molar-refractivity contribution in [3.05, 3.63) is 89.4 Å². The number of methoxy groups -OCH3 is 1. The van der Waals surface area contributed by atoms with E-state index in [1.807, 2.05) is 48.5 Å². The minimum atomic E-state index is 0.438. The summed E-state index contributed by atoms with van der Waals surface area (Å²) in [5.41, 5.74) is 7.74. The molecule has 0 amide bonds. The van der Waals surface area contributed by atoms with Gasteiger partial charge < -0.3 is 14.1 Å². The molecule has 0 radical (unpaired) electrons. The highest BCUT2D eigenvalue weighted by Crippen LogP contribution is 2.29. The van der Waals surface area contributed by atoms with E-state index in [-0.39, 0.29) is 0 Å². The first-order chi connectivity index (χ1) is 14.7. The number of benzene rings is 3. The number of rotatable bonds is 4. The van der Waals surface area contributed by atoms with Crippen molar-refractivity contribution in [3.8, 4) is 17.0 Å². The van der Waals surface area contributed by atoms with Crippen LogP contribution in [-0.2, 0) is 0 Å². The second-order valence-electron chi connectivity index (χ2n) is 6.84. The van der Waals surface area contributed by atoms with Gasteiger partial charge in [0.25, 0.3) is 0 Å². The van der Waals surface area contributed by atoms with E-state index in [0.717, 1.165) is 33.2 Å². The highest BCUT2D eigenvalue weighted by atomic mass is 35.5. The van der Waals surface area contributed by atoms with Crippen LogP contribution in [-0.4, -0.2) is 12.1 Å². The molecule has 30 heavy (non-hydrogen) atoms. The Balaban J connectivity index is 1.71. The number of hydrogen-bond acceptors (Lipinski definition) is 4. The van der Waals surface area contributed by atoms with Gasteiger partial charge in [-0.1, -0.05) is 41.9 Å². The lowest BCUT2D eigenvalue weighted by Gasteiger charge is -2.07. The predicted octanol–water partition coefficient (Wildman–Crippen LogP) is 6.17. The zero-order chi connectivity index (χ0) is 20.5. The molecular weight excluding hydrogens is 398 g/mol. The van der Waals surface area contributed by atoms with Crippen LogP contribution in [0.4, 0.5) is 5.69 Å². The fraction of sp³-hybridized carbons (Fsp3) is 0.0417. The van der Waals surface area contributed by atoms with Crippen LogP contribution in [0.15, 0.2) is 88.4 Å². The topological polar surface area (TPSA) is 62.5 Å². The van der Waals surface area contributed by atoms with Crippen LogP contribution in [0.25, 0.3) is 33.1 Å². The van der Waals surface area contributed by atoms with Gasteiger partial charge in [-0.25, -0.2) is 0 Å². The molecule has 3 aromatic carbocycles. The van der Waals surface area contributed by atoms with Crippen molar-refractivity contribution in [2.45, 2.75) is 0 Å². The molecule has 0 atom stereocenters. The molecule has 0 bridgehead atoms. The molecule has 0 aliphatic heterocycles. The highest BCUT2D eigenvalue weighted by molar-refractivity contribution is 6.30. The summed E-state index contributed by atoms with van der Waals surface area (Å²) in [5.74, 6) is 0.652. The summed E-state index contributed by atoms with van der Waals surface area (Å²) in [6.45, 7) is 0. The van der Waals surface area contributed by atoms with Crippen molar-refractivity contribution in [1.82, 2.24) is 4.98 Å². The monoisotopic (exact) mass is 415 g/mol. The first-order valence-corrected chi connectivity index (χ1v) is 9.83. The maximum atomic E-state index is 6.21. The van der Waals surface area contributed by atoms with Gasteiger partial charge in [-0.3, -0.25) is 5.43 Å². The van der Waals surface area contributed by atoms with E-state index in [4.69, 9.17) is 20.8 Å². The molecule has 2 heterocycles. The summed E-state index contributed by atoms with van der Waals surface area (Å²) < 4.78 is 11.7. The molecule has 5 rings (SSSR count). The summed E-state index contributed by atoms with van der Waals surface area (Å²) in [4.78, 5) is 3.45. The van der Waals surface area contributed by atoms with Gasteiger partial charge in [0, 0.05) is 21.3 Å². The summed E-state index contributed by atoms with van der Waals surface area (Å²) in [6.07, 6.45) is 0. The van der Waals surface area contributed by atoms with E-state index in [9.17, 15) is 0 Å². The lowest BCUT2D eigenvalue weighted by molar-refractivity contribution is 0.405. The average Bonchev–Trinajstić information content (AvgIpc) is 3.22. The molecule has 6 heteroatoms. The lowest BCUT2D eigenvalue weighted by Crippen LogP contribution is -2.09. The maximum absolute atomic E-state index is 6.21. The van der Waals surface area contributed by atoms with Crippen molar-refractivity contribution in [3.63, 3.8) is 0 Å². The Hall–Kier alpha value is -3.70. The van der Waals surface area contributed by atoms with Crippen molar-refractivity contribution in [1.29, 1.82) is 0 Å². The minimum Gasteiger partial charge on any atom is -0.493 e. The molecule has 0 fully saturated rings. The number of hydrogen-bond donors (Lipinski definition) is 2. The summed E-state index contributed by atoms with van der Waals surface area (Å²) in [7, 11) is 1.62. The number of para-hydroxylation sites is 2. The quantitative estimate of drug-likeness (QED) is 0.345. The molecule has 0 saturated carbocycles. The molecule has 5 aromatic rings. The highest BCUT2D eigenvalue weighted by Gasteiger charge is 2.12. The average molecular weight is 416 g/mol. The first kappa shape index (κ1) is 18.3. The lowest BCUT2D eigenvalue weighted by atomic mass is 10.1. The van der Waals surface area contributed by atoms with Gasteiger partial charge in [0.15, 0.2) is 11.3 Å². The summed E-state index contributed by atoms with van der Waals surface area (Å²) in [5, 5.41) is 7.25. The molecule has 0 spiro atoms. The molecule has 5 nitrogen and oxygen atoms in total. The summed E-state index contributed by atoms with van der Waals surface area (Å²) >= 11 is 5.98. The molecule has 0 unspecified atom stereocenters. The number of halogens is 1. The normalized spacial score (nSPS) is 11.9. The Morgan fingerprint density at radius 3 is 2.53 bits per heavy atom. The largest absolute Gasteiger partial charge is 0.493 e. The van der Waals surface area contributed by atoms with E-state index in [1.165, 1.54) is 0 Å². The van der Waals surface area contributed by atoms with Crippen LogP contribution in [0.5, 0.6) is 5.75 Å². The first-order valence-electron chi connectivity index (χ1n) is 9.45. The van der Waals surface area contributed by atoms with Gasteiger partial charge in [-0.05, 0) is 48.5 Å². The second-order valence-corrected chi connectivity index (χ2v) is 7.28. The Morgan fingerprint density at radius 2 is 1.73 bits per heavy atom. The number of anilines is 1. The zero-order valence-corrected chi connectivity index (χ0v) is 16.9. The molecule has 0 saturated heterocycles. The van der Waals surface area contributed by atoms with E-state index in [2.05, 4.69) is 33.7 Å². The Labute approximate surface area is 177 Å². The number of nitrogens with zero attached hydrogens (tertiary/aromatic N) is 1. The smallest absolute Gasteiger partial charge is 0.246 e. The third kappa shape index (κ3) is 3.40. The van der Waals surface area contributed by atoms with Crippen LogP contribution in [0.3, 0.4) is 0 Å². The third-order valence-corrected chi connectivity index (χ3v) is 5.16. The van der Waals surface area contributed by atoms with Crippen LogP contribution in [0.2, 0.25) is 5.02 Å². The van der Waals surface area contributed by atoms with E-state index >= 15 is 0 Å². The van der Waals surface area contributed by atoms with Crippen LogP contribution in [0, 0.1) is 0 Å². The number of nitrogens with one attached hydrogen (secondary N) is 2. The number of fused-ring (bicyclic) bond motifs is 2. The van der Waals surface area contributed by atoms with Gasteiger partial charge in [0.2, 0.25) is 5.55 Å². The number of H-pyrrole nitrogens is 1. The van der Waals surface area contributed by atoms with Crippen LogP contribution >= 0.6 is 11.6 Å².